The van der Waals surface area contributed by atoms with Crippen molar-refractivity contribution in [1.82, 2.24) is 20.2 Å². The lowest BCUT2D eigenvalue weighted by Crippen LogP contribution is -2.38. The molecular weight excluding hydrogens is 404 g/mol. The standard InChI is InChI=1S/C25H34N4O3/c1-31-23-10-9-19(15-24(23)32-18-20(30)17-29-13-5-2-6-14-29)16-26-12-11-25-27-21-7-3-4-8-22(21)28-25/h3-4,7-10,15,20,26,30H,2,5-6,11-14,16-18H2,1H3,(H,27,28)/t20-/m1/s1. The molecule has 1 saturated heterocycles. The summed E-state index contributed by atoms with van der Waals surface area (Å²) >= 11 is 0. The van der Waals surface area contributed by atoms with E-state index < -0.39 is 6.10 Å². The summed E-state index contributed by atoms with van der Waals surface area (Å²) in [7, 11) is 1.64. The van der Waals surface area contributed by atoms with Crippen LogP contribution in [0.3, 0.4) is 0 Å². The number of nitrogens with zero attached hydrogens (tertiary/aromatic N) is 2. The van der Waals surface area contributed by atoms with Gasteiger partial charge in [0, 0.05) is 26.1 Å². The van der Waals surface area contributed by atoms with Gasteiger partial charge in [-0.25, -0.2) is 4.98 Å². The van der Waals surface area contributed by atoms with E-state index in [-0.39, 0.29) is 6.61 Å². The third kappa shape index (κ3) is 6.22. The van der Waals surface area contributed by atoms with Gasteiger partial charge in [0.05, 0.1) is 18.1 Å². The predicted molar refractivity (Wildman–Crippen MR) is 126 cm³/mol. The number of aliphatic hydroxyl groups is 1. The van der Waals surface area contributed by atoms with Gasteiger partial charge in [0.2, 0.25) is 0 Å². The SMILES string of the molecule is COc1ccc(CNCCc2nc3ccccc3[nH]2)cc1OC[C@H](O)CN1CCCCC1. The number of rotatable bonds is 11. The molecule has 32 heavy (non-hydrogen) atoms. The summed E-state index contributed by atoms with van der Waals surface area (Å²) in [5.74, 6) is 2.34. The first-order valence-electron chi connectivity index (χ1n) is 11.6. The molecule has 1 aliphatic rings. The highest BCUT2D eigenvalue weighted by Crippen LogP contribution is 2.28. The molecular formula is C25H34N4O3. The van der Waals surface area contributed by atoms with Gasteiger partial charge in [0.15, 0.2) is 11.5 Å². The van der Waals surface area contributed by atoms with E-state index in [4.69, 9.17) is 9.47 Å². The van der Waals surface area contributed by atoms with E-state index in [9.17, 15) is 5.11 Å². The van der Waals surface area contributed by atoms with Gasteiger partial charge in [-0.15, -0.1) is 0 Å². The number of aromatic nitrogens is 2. The maximum absolute atomic E-state index is 10.4. The molecule has 2 heterocycles. The van der Waals surface area contributed by atoms with Crippen LogP contribution >= 0.6 is 0 Å². The van der Waals surface area contributed by atoms with Crippen LogP contribution in [-0.2, 0) is 13.0 Å². The number of β-amino-alcohol motifs (C(OH)–C–C–N with tert-alkyl or cyclic N) is 1. The number of hydrogen-bond donors (Lipinski definition) is 3. The third-order valence-corrected chi connectivity index (χ3v) is 5.88. The molecule has 1 fully saturated rings. The first-order chi connectivity index (χ1) is 15.7. The van der Waals surface area contributed by atoms with E-state index in [0.29, 0.717) is 18.0 Å². The van der Waals surface area contributed by atoms with E-state index >= 15 is 0 Å². The smallest absolute Gasteiger partial charge is 0.161 e. The summed E-state index contributed by atoms with van der Waals surface area (Å²) in [6.45, 7) is 4.58. The van der Waals surface area contributed by atoms with E-state index in [1.807, 2.05) is 42.5 Å². The van der Waals surface area contributed by atoms with Gasteiger partial charge in [-0.3, -0.25) is 0 Å². The molecule has 0 bridgehead atoms. The van der Waals surface area contributed by atoms with Crippen molar-refractivity contribution in [2.75, 3.05) is 39.9 Å². The van der Waals surface area contributed by atoms with Crippen molar-refractivity contribution in [2.24, 2.45) is 0 Å². The molecule has 0 saturated carbocycles. The number of aromatic amines is 1. The molecule has 0 amide bonds. The van der Waals surface area contributed by atoms with Crippen LogP contribution in [-0.4, -0.2) is 66.0 Å². The number of imidazole rings is 1. The Morgan fingerprint density at radius 3 is 2.78 bits per heavy atom. The Labute approximate surface area is 189 Å². The highest BCUT2D eigenvalue weighted by molar-refractivity contribution is 5.74. The van der Waals surface area contributed by atoms with E-state index in [1.165, 1.54) is 19.3 Å². The zero-order valence-electron chi connectivity index (χ0n) is 18.8. The zero-order valence-corrected chi connectivity index (χ0v) is 18.8. The summed E-state index contributed by atoms with van der Waals surface area (Å²) in [6.07, 6.45) is 4.04. The quantitative estimate of drug-likeness (QED) is 0.399. The lowest BCUT2D eigenvalue weighted by molar-refractivity contribution is 0.0608. The molecule has 3 aromatic rings. The van der Waals surface area contributed by atoms with Gasteiger partial charge in [-0.05, 0) is 55.8 Å². The number of ether oxygens (including phenoxy) is 2. The number of para-hydroxylation sites is 2. The molecule has 1 aromatic heterocycles. The van der Waals surface area contributed by atoms with Crippen molar-refractivity contribution in [3.05, 3.63) is 53.9 Å². The number of likely N-dealkylation sites (tertiary alicyclic amines) is 1. The van der Waals surface area contributed by atoms with E-state index in [2.05, 4.69) is 20.2 Å². The number of hydrogen-bond acceptors (Lipinski definition) is 6. The number of piperidine rings is 1. The monoisotopic (exact) mass is 438 g/mol. The second-order valence-electron chi connectivity index (χ2n) is 8.44. The fourth-order valence-electron chi connectivity index (χ4n) is 4.19. The minimum absolute atomic E-state index is 0.260. The Kier molecular flexibility index (Phi) is 7.98. The number of fused-ring (bicyclic) bond motifs is 1. The van der Waals surface area contributed by atoms with Gasteiger partial charge >= 0.3 is 0 Å². The molecule has 7 heteroatoms. The van der Waals surface area contributed by atoms with Crippen molar-refractivity contribution in [1.29, 1.82) is 0 Å². The number of nitrogens with one attached hydrogen (secondary N) is 2. The van der Waals surface area contributed by atoms with Crippen molar-refractivity contribution in [3.8, 4) is 11.5 Å². The second kappa shape index (κ2) is 11.3. The summed E-state index contributed by atoms with van der Waals surface area (Å²) in [6, 6.07) is 14.0. The average Bonchev–Trinajstić information content (AvgIpc) is 3.24. The van der Waals surface area contributed by atoms with Crippen LogP contribution in [0.5, 0.6) is 11.5 Å². The molecule has 7 nitrogen and oxygen atoms in total. The highest BCUT2D eigenvalue weighted by atomic mass is 16.5. The van der Waals surface area contributed by atoms with Gasteiger partial charge in [-0.1, -0.05) is 24.6 Å². The van der Waals surface area contributed by atoms with Crippen LogP contribution in [0.15, 0.2) is 42.5 Å². The van der Waals surface area contributed by atoms with Crippen LogP contribution in [0.25, 0.3) is 11.0 Å². The lowest BCUT2D eigenvalue weighted by Gasteiger charge is -2.28. The number of aliphatic hydroxyl groups excluding tert-OH is 1. The summed E-state index contributed by atoms with van der Waals surface area (Å²) in [4.78, 5) is 10.3. The molecule has 0 spiro atoms. The molecule has 2 aromatic carbocycles. The fourth-order valence-corrected chi connectivity index (χ4v) is 4.19. The Morgan fingerprint density at radius 2 is 1.97 bits per heavy atom. The molecule has 0 aliphatic carbocycles. The molecule has 0 radical (unpaired) electrons. The van der Waals surface area contributed by atoms with Crippen LogP contribution in [0, 0.1) is 0 Å². The van der Waals surface area contributed by atoms with Crippen LogP contribution in [0.1, 0.15) is 30.7 Å². The highest BCUT2D eigenvalue weighted by Gasteiger charge is 2.16. The maximum atomic E-state index is 10.4. The minimum Gasteiger partial charge on any atom is -0.493 e. The molecule has 1 aliphatic heterocycles. The Hall–Kier alpha value is -2.61. The van der Waals surface area contributed by atoms with Gasteiger partial charge in [-0.2, -0.15) is 0 Å². The Morgan fingerprint density at radius 1 is 1.12 bits per heavy atom. The fraction of sp³-hybridized carbons (Fsp3) is 0.480. The maximum Gasteiger partial charge on any atom is 0.161 e. The number of H-pyrrole nitrogens is 1. The third-order valence-electron chi connectivity index (χ3n) is 5.88. The van der Waals surface area contributed by atoms with Crippen molar-refractivity contribution >= 4 is 11.0 Å². The number of methoxy groups -OCH3 is 1. The normalized spacial score (nSPS) is 15.7. The Bertz CT molecular complexity index is 951. The van der Waals surface area contributed by atoms with E-state index in [0.717, 1.165) is 55.0 Å². The summed E-state index contributed by atoms with van der Waals surface area (Å²) in [5, 5.41) is 13.9. The minimum atomic E-state index is -0.511. The van der Waals surface area contributed by atoms with Crippen molar-refractivity contribution in [2.45, 2.75) is 38.3 Å². The zero-order chi connectivity index (χ0) is 22.2. The topological polar surface area (TPSA) is 82.6 Å². The molecule has 1 atom stereocenters. The van der Waals surface area contributed by atoms with Crippen LogP contribution in [0.2, 0.25) is 0 Å². The first-order valence-corrected chi connectivity index (χ1v) is 11.6. The van der Waals surface area contributed by atoms with Crippen LogP contribution in [0.4, 0.5) is 0 Å². The van der Waals surface area contributed by atoms with Gasteiger partial charge in [0.25, 0.3) is 0 Å². The summed E-state index contributed by atoms with van der Waals surface area (Å²) in [5.41, 5.74) is 3.18. The van der Waals surface area contributed by atoms with Crippen LogP contribution < -0.4 is 14.8 Å². The van der Waals surface area contributed by atoms with Crippen molar-refractivity contribution in [3.63, 3.8) is 0 Å². The molecule has 4 rings (SSSR count). The van der Waals surface area contributed by atoms with Crippen molar-refractivity contribution < 1.29 is 14.6 Å². The van der Waals surface area contributed by atoms with E-state index in [1.54, 1.807) is 7.11 Å². The number of benzene rings is 2. The average molecular weight is 439 g/mol. The Balaban J connectivity index is 1.25. The largest absolute Gasteiger partial charge is 0.493 e. The molecule has 3 N–H and O–H groups in total. The predicted octanol–water partition coefficient (Wildman–Crippen LogP) is 3.13. The van der Waals surface area contributed by atoms with Gasteiger partial charge < -0.3 is 29.8 Å². The first kappa shape index (κ1) is 22.6. The molecule has 0 unspecified atom stereocenters. The van der Waals surface area contributed by atoms with Gasteiger partial charge in [0.1, 0.15) is 18.5 Å². The summed E-state index contributed by atoms with van der Waals surface area (Å²) < 4.78 is 11.4. The molecule has 172 valence electrons. The lowest BCUT2D eigenvalue weighted by atomic mass is 10.1. The second-order valence-corrected chi connectivity index (χ2v) is 8.44.